The Balaban J connectivity index is 2.47. The number of anilines is 1. The molecule has 0 aliphatic carbocycles. The van der Waals surface area contributed by atoms with Crippen LogP contribution in [0, 0.1) is 0 Å². The van der Waals surface area contributed by atoms with Crippen molar-refractivity contribution < 1.29 is 26.4 Å². The lowest BCUT2D eigenvalue weighted by molar-refractivity contribution is -0.0436. The average Bonchev–Trinajstić information content (AvgIpc) is 2.62. The molecular formula is C18H18F3NO3S. The highest BCUT2D eigenvalue weighted by atomic mass is 32.2. The Morgan fingerprint density at radius 2 is 1.69 bits per heavy atom. The number of alkyl halides is 3. The average molecular weight is 385 g/mol. The summed E-state index contributed by atoms with van der Waals surface area (Å²) in [6.45, 7) is 2.18. The second kappa shape index (κ2) is 7.90. The zero-order valence-corrected chi connectivity index (χ0v) is 14.8. The number of halogens is 3. The molecule has 4 nitrogen and oxygen atoms in total. The lowest BCUT2D eigenvalue weighted by atomic mass is 10.1. The first-order valence-electron chi connectivity index (χ1n) is 7.97. The predicted molar refractivity (Wildman–Crippen MR) is 92.7 cm³/mol. The Morgan fingerprint density at radius 3 is 2.27 bits per heavy atom. The Morgan fingerprint density at radius 1 is 1.04 bits per heavy atom. The first-order chi connectivity index (χ1) is 12.2. The van der Waals surface area contributed by atoms with Crippen LogP contribution >= 0.6 is 0 Å². The molecular weight excluding hydrogens is 367 g/mol. The maximum atomic E-state index is 12.8. The van der Waals surface area contributed by atoms with Gasteiger partial charge in [-0.05, 0) is 36.8 Å². The summed E-state index contributed by atoms with van der Waals surface area (Å²) in [6, 6.07) is 12.7. The molecule has 0 saturated heterocycles. The number of hydrogen-bond acceptors (Lipinski definition) is 3. The van der Waals surface area contributed by atoms with Crippen LogP contribution in [0.25, 0.3) is 0 Å². The van der Waals surface area contributed by atoms with Gasteiger partial charge in [0.1, 0.15) is 0 Å². The number of nitrogens with zero attached hydrogens (tertiary/aromatic N) is 1. The highest BCUT2D eigenvalue weighted by Crippen LogP contribution is 2.32. The van der Waals surface area contributed by atoms with Gasteiger partial charge in [-0.15, -0.1) is 0 Å². The summed E-state index contributed by atoms with van der Waals surface area (Å²) in [5.41, 5.74) is -4.92. The van der Waals surface area contributed by atoms with Crippen LogP contribution in [0.1, 0.15) is 30.1 Å². The van der Waals surface area contributed by atoms with Crippen LogP contribution in [0.15, 0.2) is 59.5 Å². The van der Waals surface area contributed by atoms with Gasteiger partial charge in [0.05, 0.1) is 4.90 Å². The van der Waals surface area contributed by atoms with Crippen molar-refractivity contribution in [1.29, 1.82) is 0 Å². The van der Waals surface area contributed by atoms with E-state index in [4.69, 9.17) is 0 Å². The molecule has 26 heavy (non-hydrogen) atoms. The lowest BCUT2D eigenvalue weighted by Gasteiger charge is -2.23. The van der Waals surface area contributed by atoms with Gasteiger partial charge in [0.2, 0.25) is 0 Å². The Bertz CT molecular complexity index is 865. The minimum absolute atomic E-state index is 0.109. The first-order valence-corrected chi connectivity index (χ1v) is 9.45. The van der Waals surface area contributed by atoms with E-state index in [9.17, 15) is 26.4 Å². The van der Waals surface area contributed by atoms with E-state index in [1.165, 1.54) is 17.0 Å². The second-order valence-electron chi connectivity index (χ2n) is 5.62. The summed E-state index contributed by atoms with van der Waals surface area (Å²) in [6.07, 6.45) is 1.38. The van der Waals surface area contributed by atoms with E-state index in [0.29, 0.717) is 12.0 Å². The molecule has 0 saturated carbocycles. The van der Waals surface area contributed by atoms with Gasteiger partial charge >= 0.3 is 5.51 Å². The van der Waals surface area contributed by atoms with Crippen molar-refractivity contribution in [2.45, 2.75) is 30.2 Å². The predicted octanol–water partition coefficient (Wildman–Crippen LogP) is 4.43. The number of benzene rings is 2. The summed E-state index contributed by atoms with van der Waals surface area (Å²) < 4.78 is 61.7. The largest absolute Gasteiger partial charge is 0.501 e. The molecule has 2 aromatic carbocycles. The Kier molecular flexibility index (Phi) is 6.07. The van der Waals surface area contributed by atoms with Crippen LogP contribution in [0.2, 0.25) is 0 Å². The SMILES string of the molecule is CCCCN(C(=O)c1ccccc1)c1cccc(S(=O)(=O)C(F)(F)F)c1. The van der Waals surface area contributed by atoms with Gasteiger partial charge in [0, 0.05) is 17.8 Å². The normalized spacial score (nSPS) is 12.0. The smallest absolute Gasteiger partial charge is 0.308 e. The Labute approximate surface area is 150 Å². The van der Waals surface area contributed by atoms with Crippen molar-refractivity contribution in [3.63, 3.8) is 0 Å². The van der Waals surface area contributed by atoms with Crippen molar-refractivity contribution >= 4 is 21.4 Å². The van der Waals surface area contributed by atoms with Gasteiger partial charge in [-0.1, -0.05) is 37.6 Å². The third kappa shape index (κ3) is 4.24. The number of sulfone groups is 1. The Hall–Kier alpha value is -2.35. The van der Waals surface area contributed by atoms with E-state index in [-0.39, 0.29) is 12.2 Å². The fraction of sp³-hybridized carbons (Fsp3) is 0.278. The van der Waals surface area contributed by atoms with Gasteiger partial charge in [-0.3, -0.25) is 4.79 Å². The van der Waals surface area contributed by atoms with Gasteiger partial charge in [-0.25, -0.2) is 8.42 Å². The molecule has 0 fully saturated rings. The number of amides is 1. The number of carbonyl (C=O) groups excluding carboxylic acids is 1. The molecule has 0 N–H and O–H groups in total. The molecule has 2 aromatic rings. The summed E-state index contributed by atoms with van der Waals surface area (Å²) in [7, 11) is -5.48. The minimum Gasteiger partial charge on any atom is -0.308 e. The van der Waals surface area contributed by atoms with E-state index in [1.807, 2.05) is 6.92 Å². The van der Waals surface area contributed by atoms with E-state index in [2.05, 4.69) is 0 Å². The third-order valence-electron chi connectivity index (χ3n) is 3.75. The number of unbranched alkanes of at least 4 members (excludes halogenated alkanes) is 1. The molecule has 8 heteroatoms. The van der Waals surface area contributed by atoms with Crippen molar-refractivity contribution in [3.8, 4) is 0 Å². The number of hydrogen-bond donors (Lipinski definition) is 0. The molecule has 0 radical (unpaired) electrons. The van der Waals surface area contributed by atoms with E-state index >= 15 is 0 Å². The maximum absolute atomic E-state index is 12.8. The van der Waals surface area contributed by atoms with Crippen LogP contribution in [-0.2, 0) is 9.84 Å². The molecule has 0 bridgehead atoms. The monoisotopic (exact) mass is 385 g/mol. The molecule has 0 aliphatic heterocycles. The van der Waals surface area contributed by atoms with Gasteiger partial charge < -0.3 is 4.90 Å². The fourth-order valence-corrected chi connectivity index (χ4v) is 3.15. The van der Waals surface area contributed by atoms with E-state index < -0.39 is 26.1 Å². The van der Waals surface area contributed by atoms with Crippen molar-refractivity contribution in [3.05, 3.63) is 60.2 Å². The number of carbonyl (C=O) groups is 1. The first kappa shape index (κ1) is 20.0. The van der Waals surface area contributed by atoms with Crippen molar-refractivity contribution in [2.75, 3.05) is 11.4 Å². The number of rotatable bonds is 6. The van der Waals surface area contributed by atoms with Crippen LogP contribution in [0.3, 0.4) is 0 Å². The van der Waals surface area contributed by atoms with E-state index in [1.54, 1.807) is 30.3 Å². The lowest BCUT2D eigenvalue weighted by Crippen LogP contribution is -2.32. The topological polar surface area (TPSA) is 54.5 Å². The van der Waals surface area contributed by atoms with Crippen LogP contribution in [-0.4, -0.2) is 26.4 Å². The molecule has 0 aliphatic rings. The summed E-state index contributed by atoms with van der Waals surface area (Å²) in [5.74, 6) is -0.402. The van der Waals surface area contributed by atoms with Crippen LogP contribution < -0.4 is 4.90 Å². The highest BCUT2D eigenvalue weighted by Gasteiger charge is 2.47. The zero-order valence-electron chi connectivity index (χ0n) is 14.0. The van der Waals surface area contributed by atoms with Crippen LogP contribution in [0.5, 0.6) is 0 Å². The van der Waals surface area contributed by atoms with Gasteiger partial charge in [0.15, 0.2) is 0 Å². The molecule has 0 aromatic heterocycles. The van der Waals surface area contributed by atoms with Gasteiger partial charge in [-0.2, -0.15) is 13.2 Å². The molecule has 0 atom stereocenters. The molecule has 1 amide bonds. The molecule has 0 heterocycles. The standard InChI is InChI=1S/C18H18F3NO3S/c1-2-3-12-22(17(23)14-8-5-4-6-9-14)15-10-7-11-16(13-15)26(24,25)18(19,20)21/h4-11,13H,2-3,12H2,1H3. The second-order valence-corrected chi connectivity index (χ2v) is 7.56. The summed E-state index contributed by atoms with van der Waals surface area (Å²) >= 11 is 0. The summed E-state index contributed by atoms with van der Waals surface area (Å²) in [5, 5.41) is 0. The highest BCUT2D eigenvalue weighted by molar-refractivity contribution is 7.92. The van der Waals surface area contributed by atoms with Crippen molar-refractivity contribution in [2.24, 2.45) is 0 Å². The van der Waals surface area contributed by atoms with Crippen molar-refractivity contribution in [1.82, 2.24) is 0 Å². The molecule has 140 valence electrons. The molecule has 0 unspecified atom stereocenters. The summed E-state index contributed by atoms with van der Waals surface area (Å²) in [4.78, 5) is 13.2. The zero-order chi connectivity index (χ0) is 19.4. The maximum Gasteiger partial charge on any atom is 0.501 e. The quantitative estimate of drug-likeness (QED) is 0.739. The molecule has 2 rings (SSSR count). The fourth-order valence-electron chi connectivity index (χ4n) is 2.35. The minimum atomic E-state index is -5.48. The van der Waals surface area contributed by atoms with Gasteiger partial charge in [0.25, 0.3) is 15.7 Å². The molecule has 0 spiro atoms. The van der Waals surface area contributed by atoms with E-state index in [0.717, 1.165) is 18.6 Å². The van der Waals surface area contributed by atoms with Crippen LogP contribution in [0.4, 0.5) is 18.9 Å². The third-order valence-corrected chi connectivity index (χ3v) is 5.23.